The molecule has 0 aliphatic rings. The van der Waals surface area contributed by atoms with E-state index in [1.165, 1.54) is 51.4 Å². The SMILES string of the molecule is CCCCCCCCCCCCOc1ccc(OP(=O)(O)Oc2cccc(C[n+]3ccsc3)c2)c2ccccc12. The van der Waals surface area contributed by atoms with E-state index in [1.807, 2.05) is 52.0 Å². The van der Waals surface area contributed by atoms with Gasteiger partial charge in [-0.1, -0.05) is 112 Å². The molecule has 0 amide bonds. The van der Waals surface area contributed by atoms with E-state index in [0.29, 0.717) is 18.5 Å². The van der Waals surface area contributed by atoms with Crippen LogP contribution in [-0.2, 0) is 11.1 Å². The maximum absolute atomic E-state index is 13.0. The third kappa shape index (κ3) is 9.65. The minimum Gasteiger partial charge on any atom is -0.493 e. The van der Waals surface area contributed by atoms with E-state index in [9.17, 15) is 9.46 Å². The fourth-order valence-electron chi connectivity index (χ4n) is 4.76. The number of thiazole rings is 1. The summed E-state index contributed by atoms with van der Waals surface area (Å²) in [6.07, 6.45) is 14.8. The Morgan fingerprint density at radius 1 is 0.800 bits per heavy atom. The topological polar surface area (TPSA) is 68.9 Å². The van der Waals surface area contributed by atoms with Gasteiger partial charge in [0.1, 0.15) is 17.2 Å². The highest BCUT2D eigenvalue weighted by Gasteiger charge is 2.27. The molecule has 3 aromatic carbocycles. The average molecular weight is 583 g/mol. The Kier molecular flexibility index (Phi) is 11.9. The Morgan fingerprint density at radius 3 is 2.17 bits per heavy atom. The monoisotopic (exact) mass is 582 g/mol. The Balaban J connectivity index is 1.29. The lowest BCUT2D eigenvalue weighted by molar-refractivity contribution is -0.683. The second-order valence-corrected chi connectivity index (χ2v) is 12.2. The predicted molar refractivity (Wildman–Crippen MR) is 162 cm³/mol. The predicted octanol–water partition coefficient (Wildman–Crippen LogP) is 9.10. The molecule has 4 rings (SSSR count). The van der Waals surface area contributed by atoms with Gasteiger partial charge in [0.15, 0.2) is 12.7 Å². The van der Waals surface area contributed by atoms with Crippen LogP contribution < -0.4 is 18.4 Å². The molecular weight excluding hydrogens is 541 g/mol. The Morgan fingerprint density at radius 2 is 1.48 bits per heavy atom. The smallest absolute Gasteiger partial charge is 0.493 e. The van der Waals surface area contributed by atoms with Gasteiger partial charge in [-0.25, -0.2) is 4.57 Å². The van der Waals surface area contributed by atoms with Crippen LogP contribution in [0.25, 0.3) is 10.8 Å². The van der Waals surface area contributed by atoms with E-state index in [2.05, 4.69) is 6.92 Å². The van der Waals surface area contributed by atoms with Gasteiger partial charge in [-0.2, -0.15) is 4.57 Å². The van der Waals surface area contributed by atoms with Gasteiger partial charge in [0, 0.05) is 16.3 Å². The van der Waals surface area contributed by atoms with Crippen molar-refractivity contribution in [2.24, 2.45) is 0 Å². The maximum Gasteiger partial charge on any atom is 0.584 e. The van der Waals surface area contributed by atoms with Crippen molar-refractivity contribution in [1.82, 2.24) is 0 Å². The standard InChI is InChI=1S/C32H40NO5PS/c1-2-3-4-5-6-7-8-9-10-13-22-36-31-19-20-32(30-18-12-11-17-29(30)31)38-39(34,35)37-28-16-14-15-27(24-28)25-33-21-23-40-26-33/h11-12,14-21,23-24,26H,2-10,13,22,25H2,1H3/p+1. The first kappa shape index (κ1) is 30.1. The fourth-order valence-corrected chi connectivity index (χ4v) is 6.18. The zero-order valence-corrected chi connectivity index (χ0v) is 25.1. The van der Waals surface area contributed by atoms with E-state index >= 15 is 0 Å². The molecule has 1 aromatic heterocycles. The molecule has 1 heterocycles. The Labute approximate surface area is 242 Å². The molecule has 0 radical (unpaired) electrons. The molecule has 1 unspecified atom stereocenters. The van der Waals surface area contributed by atoms with Gasteiger partial charge in [-0.05, 0) is 30.7 Å². The van der Waals surface area contributed by atoms with Crippen molar-refractivity contribution in [1.29, 1.82) is 0 Å². The summed E-state index contributed by atoms with van der Waals surface area (Å²) in [5.74, 6) is 1.30. The second-order valence-electron chi connectivity index (χ2n) is 10.1. The second kappa shape index (κ2) is 15.8. The van der Waals surface area contributed by atoms with Crippen LogP contribution in [0.5, 0.6) is 17.2 Å². The van der Waals surface area contributed by atoms with E-state index in [4.69, 9.17) is 13.8 Å². The molecule has 8 heteroatoms. The van der Waals surface area contributed by atoms with Gasteiger partial charge in [-0.3, -0.25) is 4.89 Å². The zero-order valence-electron chi connectivity index (χ0n) is 23.4. The molecule has 6 nitrogen and oxygen atoms in total. The number of phosphoric ester groups is 1. The molecule has 1 atom stereocenters. The molecule has 0 aliphatic carbocycles. The van der Waals surface area contributed by atoms with Crippen LogP contribution in [0.4, 0.5) is 0 Å². The molecule has 0 bridgehead atoms. The third-order valence-electron chi connectivity index (χ3n) is 6.82. The van der Waals surface area contributed by atoms with Crippen molar-refractivity contribution in [3.63, 3.8) is 0 Å². The number of fused-ring (bicyclic) bond motifs is 1. The van der Waals surface area contributed by atoms with E-state index in [1.54, 1.807) is 41.7 Å². The number of aromatic nitrogens is 1. The van der Waals surface area contributed by atoms with Gasteiger partial charge >= 0.3 is 7.82 Å². The minimum absolute atomic E-state index is 0.276. The maximum atomic E-state index is 13.0. The van der Waals surface area contributed by atoms with Crippen LogP contribution >= 0.6 is 19.2 Å². The summed E-state index contributed by atoms with van der Waals surface area (Å²) in [6, 6.07) is 18.2. The summed E-state index contributed by atoms with van der Waals surface area (Å²) in [4.78, 5) is 10.6. The molecule has 0 saturated carbocycles. The molecule has 40 heavy (non-hydrogen) atoms. The van der Waals surface area contributed by atoms with Crippen LogP contribution in [0.3, 0.4) is 0 Å². The first-order valence-electron chi connectivity index (χ1n) is 14.4. The Bertz CT molecular complexity index is 1360. The molecule has 0 aliphatic heterocycles. The summed E-state index contributed by atoms with van der Waals surface area (Å²) in [5, 5.41) is 3.53. The Hall–Kier alpha value is -2.86. The molecule has 1 N–H and O–H groups in total. The normalized spacial score (nSPS) is 12.8. The van der Waals surface area contributed by atoms with Gasteiger partial charge in [0.05, 0.1) is 12.0 Å². The highest BCUT2D eigenvalue weighted by Crippen LogP contribution is 2.47. The lowest BCUT2D eigenvalue weighted by atomic mass is 10.1. The third-order valence-corrected chi connectivity index (χ3v) is 8.37. The average Bonchev–Trinajstić information content (AvgIpc) is 3.45. The summed E-state index contributed by atoms with van der Waals surface area (Å²) < 4.78 is 32.1. The van der Waals surface area contributed by atoms with Gasteiger partial charge in [0.25, 0.3) is 0 Å². The number of nitrogens with zero attached hydrogens (tertiary/aromatic N) is 1. The van der Waals surface area contributed by atoms with Crippen LogP contribution in [0.2, 0.25) is 0 Å². The summed E-state index contributed by atoms with van der Waals surface area (Å²) >= 11 is 1.61. The molecule has 214 valence electrons. The van der Waals surface area contributed by atoms with Crippen LogP contribution in [0.1, 0.15) is 76.7 Å². The fraction of sp³-hybridized carbons (Fsp3) is 0.406. The van der Waals surface area contributed by atoms with Crippen molar-refractivity contribution in [3.05, 3.63) is 83.3 Å². The van der Waals surface area contributed by atoms with Crippen molar-refractivity contribution in [2.45, 2.75) is 77.7 Å². The first-order chi connectivity index (χ1) is 19.5. The number of hydrogen-bond acceptors (Lipinski definition) is 5. The number of phosphoric acid groups is 1. The molecule has 0 spiro atoms. The molecule has 0 saturated heterocycles. The number of benzene rings is 3. The number of unbranched alkanes of at least 4 members (excludes halogenated alkanes) is 9. The summed E-state index contributed by atoms with van der Waals surface area (Å²) in [7, 11) is -4.44. The van der Waals surface area contributed by atoms with Gasteiger partial charge in [0.2, 0.25) is 5.51 Å². The quantitative estimate of drug-likeness (QED) is 0.0720. The number of ether oxygens (including phenoxy) is 1. The van der Waals surface area contributed by atoms with Crippen molar-refractivity contribution in [3.8, 4) is 17.2 Å². The minimum atomic E-state index is -4.44. The summed E-state index contributed by atoms with van der Waals surface area (Å²) in [5.41, 5.74) is 2.96. The van der Waals surface area contributed by atoms with E-state index in [0.717, 1.165) is 29.5 Å². The largest absolute Gasteiger partial charge is 0.584 e. The van der Waals surface area contributed by atoms with Crippen LogP contribution in [-0.4, -0.2) is 11.5 Å². The van der Waals surface area contributed by atoms with Gasteiger partial charge in [-0.15, -0.1) is 0 Å². The highest BCUT2D eigenvalue weighted by molar-refractivity contribution is 7.48. The molecule has 4 aromatic rings. The number of rotatable bonds is 18. The van der Waals surface area contributed by atoms with E-state index < -0.39 is 7.82 Å². The van der Waals surface area contributed by atoms with Crippen LogP contribution in [0, 0.1) is 0 Å². The lowest BCUT2D eigenvalue weighted by Gasteiger charge is -2.17. The number of hydrogen-bond donors (Lipinski definition) is 1. The zero-order chi connectivity index (χ0) is 28.0. The highest BCUT2D eigenvalue weighted by atomic mass is 32.1. The van der Waals surface area contributed by atoms with Crippen molar-refractivity contribution < 1.29 is 27.8 Å². The van der Waals surface area contributed by atoms with Crippen molar-refractivity contribution in [2.75, 3.05) is 6.61 Å². The van der Waals surface area contributed by atoms with Crippen molar-refractivity contribution >= 4 is 29.9 Å². The first-order valence-corrected chi connectivity index (χ1v) is 16.8. The van der Waals surface area contributed by atoms with Gasteiger partial charge < -0.3 is 13.8 Å². The van der Waals surface area contributed by atoms with Crippen LogP contribution in [0.15, 0.2) is 77.8 Å². The summed E-state index contributed by atoms with van der Waals surface area (Å²) in [6.45, 7) is 3.54. The lowest BCUT2D eigenvalue weighted by Crippen LogP contribution is -2.30. The van der Waals surface area contributed by atoms with E-state index in [-0.39, 0.29) is 11.5 Å². The molecular formula is C32H41NO5PS+. The molecule has 0 fully saturated rings.